The monoisotopic (exact) mass is 453 g/mol. The van der Waals surface area contributed by atoms with Gasteiger partial charge in [0.15, 0.2) is 17.3 Å². The second-order valence-corrected chi connectivity index (χ2v) is 8.18. The highest BCUT2D eigenvalue weighted by atomic mass is 32.1. The van der Waals surface area contributed by atoms with Crippen LogP contribution in [0.15, 0.2) is 63.6 Å². The predicted molar refractivity (Wildman–Crippen MR) is 120 cm³/mol. The van der Waals surface area contributed by atoms with E-state index in [4.69, 9.17) is 13.9 Å². The van der Waals surface area contributed by atoms with Crippen LogP contribution in [-0.4, -0.2) is 55.2 Å². The highest BCUT2D eigenvalue weighted by Crippen LogP contribution is 2.37. The van der Waals surface area contributed by atoms with Gasteiger partial charge >= 0.3 is 0 Å². The Morgan fingerprint density at radius 3 is 2.66 bits per heavy atom. The largest absolute Gasteiger partial charge is 0.493 e. The molecule has 3 heterocycles. The molecule has 1 aliphatic heterocycles. The van der Waals surface area contributed by atoms with Crippen LogP contribution in [0.1, 0.15) is 33.5 Å². The summed E-state index contributed by atoms with van der Waals surface area (Å²) in [6.07, 6.45) is 1.98. The van der Waals surface area contributed by atoms with Gasteiger partial charge in [0, 0.05) is 13.5 Å². The molecular weight excluding hydrogens is 430 g/mol. The van der Waals surface area contributed by atoms with E-state index in [-0.39, 0.29) is 30.2 Å². The number of hydrazone groups is 1. The fourth-order valence-corrected chi connectivity index (χ4v) is 4.31. The molecule has 8 nitrogen and oxygen atoms in total. The van der Waals surface area contributed by atoms with Crippen LogP contribution in [0.3, 0.4) is 0 Å². The highest BCUT2D eigenvalue weighted by molar-refractivity contribution is 7.12. The van der Waals surface area contributed by atoms with E-state index in [9.17, 15) is 9.59 Å². The second kappa shape index (κ2) is 9.27. The smallest absolute Gasteiger partial charge is 0.289 e. The number of rotatable bonds is 7. The number of carbonyl (C=O) groups excluding carboxylic acids is 2. The zero-order valence-electron chi connectivity index (χ0n) is 18.0. The van der Waals surface area contributed by atoms with Crippen LogP contribution in [-0.2, 0) is 4.79 Å². The quantitative estimate of drug-likeness (QED) is 0.543. The number of thiophene rings is 1. The summed E-state index contributed by atoms with van der Waals surface area (Å²) in [6, 6.07) is 12.4. The lowest BCUT2D eigenvalue weighted by atomic mass is 10.0. The van der Waals surface area contributed by atoms with Crippen LogP contribution in [0.5, 0.6) is 11.5 Å². The van der Waals surface area contributed by atoms with Gasteiger partial charge in [0.1, 0.15) is 6.54 Å². The Kier molecular flexibility index (Phi) is 6.27. The summed E-state index contributed by atoms with van der Waals surface area (Å²) in [5.41, 5.74) is 1.69. The number of furan rings is 1. The van der Waals surface area contributed by atoms with Crippen LogP contribution < -0.4 is 9.47 Å². The molecule has 0 saturated heterocycles. The van der Waals surface area contributed by atoms with E-state index in [0.717, 1.165) is 16.2 Å². The summed E-state index contributed by atoms with van der Waals surface area (Å²) in [4.78, 5) is 28.1. The summed E-state index contributed by atoms with van der Waals surface area (Å²) in [6.45, 7) is -0.134. The van der Waals surface area contributed by atoms with Crippen LogP contribution in [0.4, 0.5) is 0 Å². The molecule has 0 fully saturated rings. The number of nitrogens with zero attached hydrogens (tertiary/aromatic N) is 3. The Balaban J connectivity index is 1.61. The van der Waals surface area contributed by atoms with Crippen molar-refractivity contribution in [3.05, 3.63) is 70.3 Å². The molecule has 0 aliphatic carbocycles. The van der Waals surface area contributed by atoms with Gasteiger partial charge in [-0.2, -0.15) is 5.10 Å². The maximum atomic E-state index is 13.2. The SMILES string of the molecule is COc1ccc(C2CC(c3cccs3)=NN2C(=O)CN(C)C(=O)c2ccco2)cc1OC. The van der Waals surface area contributed by atoms with Crippen molar-refractivity contribution in [1.29, 1.82) is 0 Å². The maximum absolute atomic E-state index is 13.2. The van der Waals surface area contributed by atoms with E-state index in [1.165, 1.54) is 16.2 Å². The first-order valence-electron chi connectivity index (χ1n) is 9.96. The van der Waals surface area contributed by atoms with Gasteiger partial charge in [-0.3, -0.25) is 9.59 Å². The predicted octanol–water partition coefficient (Wildman–Crippen LogP) is 3.81. The minimum Gasteiger partial charge on any atom is -0.493 e. The summed E-state index contributed by atoms with van der Waals surface area (Å²) in [7, 11) is 4.71. The number of ether oxygens (including phenoxy) is 2. The van der Waals surface area contributed by atoms with Crippen LogP contribution in [0, 0.1) is 0 Å². The minimum absolute atomic E-state index is 0.134. The topological polar surface area (TPSA) is 84.6 Å². The van der Waals surface area contributed by atoms with Crippen molar-refractivity contribution in [3.8, 4) is 11.5 Å². The standard InChI is InChI=1S/C23H23N3O5S/c1-25(23(28)19-6-4-10-31-19)14-22(27)26-17(13-16(24-26)21-7-5-11-32-21)15-8-9-18(29-2)20(12-15)30-3/h4-12,17H,13-14H2,1-3H3. The Hall–Kier alpha value is -3.59. The average Bonchev–Trinajstić information content (AvgIpc) is 3.58. The third-order valence-corrected chi connectivity index (χ3v) is 6.13. The van der Waals surface area contributed by atoms with Crippen molar-refractivity contribution in [2.45, 2.75) is 12.5 Å². The summed E-state index contributed by atoms with van der Waals surface area (Å²) < 4.78 is 15.9. The molecule has 0 N–H and O–H groups in total. The fraction of sp³-hybridized carbons (Fsp3) is 0.261. The molecule has 0 spiro atoms. The molecule has 0 radical (unpaired) electrons. The van der Waals surface area contributed by atoms with Crippen molar-refractivity contribution in [2.24, 2.45) is 5.10 Å². The van der Waals surface area contributed by atoms with Crippen molar-refractivity contribution in [1.82, 2.24) is 9.91 Å². The number of methoxy groups -OCH3 is 2. The van der Waals surface area contributed by atoms with Crippen LogP contribution in [0.2, 0.25) is 0 Å². The molecule has 166 valence electrons. The maximum Gasteiger partial charge on any atom is 0.289 e. The van der Waals surface area contributed by atoms with E-state index >= 15 is 0 Å². The molecule has 0 bridgehead atoms. The van der Waals surface area contributed by atoms with Crippen LogP contribution in [0.25, 0.3) is 0 Å². The van der Waals surface area contributed by atoms with Crippen molar-refractivity contribution >= 4 is 28.9 Å². The Labute approximate surface area is 189 Å². The van der Waals surface area contributed by atoms with Crippen molar-refractivity contribution < 1.29 is 23.5 Å². The fourth-order valence-electron chi connectivity index (χ4n) is 3.59. The third-order valence-electron chi connectivity index (χ3n) is 5.21. The summed E-state index contributed by atoms with van der Waals surface area (Å²) in [5.74, 6) is 0.703. The molecule has 0 saturated carbocycles. The van der Waals surface area contributed by atoms with E-state index in [0.29, 0.717) is 17.9 Å². The normalized spacial score (nSPS) is 15.4. The van der Waals surface area contributed by atoms with Gasteiger partial charge in [0.25, 0.3) is 11.8 Å². The first-order chi connectivity index (χ1) is 15.5. The number of hydrogen-bond donors (Lipinski definition) is 0. The van der Waals surface area contributed by atoms with Gasteiger partial charge in [-0.05, 0) is 41.3 Å². The zero-order chi connectivity index (χ0) is 22.7. The molecule has 2 aromatic heterocycles. The van der Waals surface area contributed by atoms with Crippen LogP contribution >= 0.6 is 11.3 Å². The number of benzene rings is 1. The molecule has 1 unspecified atom stereocenters. The minimum atomic E-state index is -0.368. The third kappa shape index (κ3) is 4.24. The lowest BCUT2D eigenvalue weighted by Gasteiger charge is -2.25. The lowest BCUT2D eigenvalue weighted by molar-refractivity contribution is -0.133. The molecule has 9 heteroatoms. The Bertz CT molecular complexity index is 1120. The molecule has 3 aromatic rings. The number of hydrogen-bond acceptors (Lipinski definition) is 7. The Morgan fingerprint density at radius 1 is 1.19 bits per heavy atom. The number of amides is 2. The highest BCUT2D eigenvalue weighted by Gasteiger charge is 2.35. The molecule has 32 heavy (non-hydrogen) atoms. The molecule has 1 atom stereocenters. The van der Waals surface area contributed by atoms with E-state index < -0.39 is 0 Å². The van der Waals surface area contributed by atoms with Gasteiger partial charge in [-0.25, -0.2) is 5.01 Å². The van der Waals surface area contributed by atoms with Crippen molar-refractivity contribution in [2.75, 3.05) is 27.8 Å². The Morgan fingerprint density at radius 2 is 2.00 bits per heavy atom. The first-order valence-corrected chi connectivity index (χ1v) is 10.8. The number of likely N-dealkylation sites (N-methyl/N-ethyl adjacent to an activating group) is 1. The van der Waals surface area contributed by atoms with Crippen molar-refractivity contribution in [3.63, 3.8) is 0 Å². The van der Waals surface area contributed by atoms with Gasteiger partial charge in [0.2, 0.25) is 0 Å². The van der Waals surface area contributed by atoms with Gasteiger partial charge < -0.3 is 18.8 Å². The van der Waals surface area contributed by atoms with E-state index in [1.807, 2.05) is 35.7 Å². The average molecular weight is 454 g/mol. The lowest BCUT2D eigenvalue weighted by Crippen LogP contribution is -2.39. The molecule has 4 rings (SSSR count). The molecule has 1 aromatic carbocycles. The van der Waals surface area contributed by atoms with E-state index in [2.05, 4.69) is 5.10 Å². The zero-order valence-corrected chi connectivity index (χ0v) is 18.8. The molecule has 1 aliphatic rings. The van der Waals surface area contributed by atoms with Gasteiger partial charge in [0.05, 0.1) is 37.1 Å². The summed E-state index contributed by atoms with van der Waals surface area (Å²) >= 11 is 1.57. The number of carbonyl (C=O) groups is 2. The molecular formula is C23H23N3O5S. The molecule has 2 amide bonds. The van der Waals surface area contributed by atoms with Gasteiger partial charge in [-0.15, -0.1) is 11.3 Å². The summed E-state index contributed by atoms with van der Waals surface area (Å²) in [5, 5.41) is 8.08. The van der Waals surface area contributed by atoms with Gasteiger partial charge in [-0.1, -0.05) is 12.1 Å². The first kappa shape index (κ1) is 21.6. The van der Waals surface area contributed by atoms with E-state index in [1.54, 1.807) is 44.7 Å². The second-order valence-electron chi connectivity index (χ2n) is 7.24.